The minimum absolute atomic E-state index is 0.0304. The molecule has 6 nitrogen and oxygen atoms in total. The van der Waals surface area contributed by atoms with E-state index in [0.29, 0.717) is 32.1 Å². The van der Waals surface area contributed by atoms with Crippen molar-refractivity contribution in [1.82, 2.24) is 14.8 Å². The first-order valence-corrected chi connectivity index (χ1v) is 11.2. The summed E-state index contributed by atoms with van der Waals surface area (Å²) in [6.45, 7) is 6.45. The lowest BCUT2D eigenvalue weighted by atomic mass is 10.1. The van der Waals surface area contributed by atoms with Crippen LogP contribution < -0.4 is 10.7 Å². The molecule has 2 amide bonds. The third-order valence-corrected chi connectivity index (χ3v) is 5.90. The first-order chi connectivity index (χ1) is 14.0. The number of nitrogens with zero attached hydrogens (tertiary/aromatic N) is 2. The maximum Gasteiger partial charge on any atom is 0.259 e. The maximum atomic E-state index is 13.1. The predicted molar refractivity (Wildman–Crippen MR) is 115 cm³/mol. The summed E-state index contributed by atoms with van der Waals surface area (Å²) in [5.74, 6) is -0.380. The summed E-state index contributed by atoms with van der Waals surface area (Å²) in [7, 11) is 0. The molecule has 0 spiro atoms. The molecule has 3 rings (SSSR count). The van der Waals surface area contributed by atoms with E-state index in [9.17, 15) is 14.4 Å². The third kappa shape index (κ3) is 5.56. The number of amides is 2. The quantitative estimate of drug-likeness (QED) is 0.785. The van der Waals surface area contributed by atoms with Crippen LogP contribution in [0.2, 0.25) is 0 Å². The lowest BCUT2D eigenvalue weighted by molar-refractivity contribution is 0.0759. The highest BCUT2D eigenvalue weighted by atomic mass is 32.1. The maximum absolute atomic E-state index is 13.1. The van der Waals surface area contributed by atoms with Crippen molar-refractivity contribution in [3.05, 3.63) is 56.1 Å². The van der Waals surface area contributed by atoms with Crippen molar-refractivity contribution in [3.8, 4) is 0 Å². The lowest BCUT2D eigenvalue weighted by Gasteiger charge is -2.21. The van der Waals surface area contributed by atoms with E-state index in [1.807, 2.05) is 17.5 Å². The van der Waals surface area contributed by atoms with E-state index in [-0.39, 0.29) is 17.0 Å². The average Bonchev–Trinajstić information content (AvgIpc) is 3.06. The molecule has 0 aliphatic carbocycles. The van der Waals surface area contributed by atoms with Gasteiger partial charge in [-0.25, -0.2) is 0 Å². The highest BCUT2D eigenvalue weighted by Gasteiger charge is 2.24. The summed E-state index contributed by atoms with van der Waals surface area (Å²) >= 11 is 1.55. The number of thiophene rings is 1. The van der Waals surface area contributed by atoms with Gasteiger partial charge in [-0.05, 0) is 30.2 Å². The van der Waals surface area contributed by atoms with Crippen molar-refractivity contribution in [2.24, 2.45) is 5.92 Å². The standard InChI is InChI=1S/C22H29N3O3S/c1-16(2)13-24-14-18(21(27)23-12-17-8-7-11-29-17)20(26)19(15-24)22(28)25-9-5-3-4-6-10-25/h7-8,11,14-16H,3-6,9-10,12-13H2,1-2H3,(H,23,27). The Bertz CT molecular complexity index is 895. The largest absolute Gasteiger partial charge is 0.352 e. The predicted octanol–water partition coefficient (Wildman–Crippen LogP) is 3.51. The molecule has 1 saturated heterocycles. The molecule has 0 aromatic carbocycles. The van der Waals surface area contributed by atoms with Crippen LogP contribution in [-0.2, 0) is 13.1 Å². The van der Waals surface area contributed by atoms with Crippen LogP contribution in [0.5, 0.6) is 0 Å². The van der Waals surface area contributed by atoms with E-state index in [1.165, 1.54) is 0 Å². The molecular formula is C22H29N3O3S. The Morgan fingerprint density at radius 3 is 2.41 bits per heavy atom. The first-order valence-electron chi connectivity index (χ1n) is 10.3. The second kappa shape index (κ2) is 9.87. The number of likely N-dealkylation sites (tertiary alicyclic amines) is 1. The lowest BCUT2D eigenvalue weighted by Crippen LogP contribution is -2.38. The molecule has 1 fully saturated rings. The third-order valence-electron chi connectivity index (χ3n) is 5.03. The van der Waals surface area contributed by atoms with Crippen molar-refractivity contribution in [1.29, 1.82) is 0 Å². The Kier molecular flexibility index (Phi) is 7.25. The average molecular weight is 416 g/mol. The number of carbonyl (C=O) groups is 2. The molecule has 29 heavy (non-hydrogen) atoms. The van der Waals surface area contributed by atoms with Crippen molar-refractivity contribution >= 4 is 23.2 Å². The summed E-state index contributed by atoms with van der Waals surface area (Å²) in [6, 6.07) is 3.85. The number of hydrogen-bond donors (Lipinski definition) is 1. The second-order valence-electron chi connectivity index (χ2n) is 7.97. The van der Waals surface area contributed by atoms with Gasteiger partial charge in [0.15, 0.2) is 0 Å². The summed E-state index contributed by atoms with van der Waals surface area (Å²) in [5.41, 5.74) is -0.359. The minimum atomic E-state index is -0.483. The molecule has 0 saturated carbocycles. The van der Waals surface area contributed by atoms with Crippen molar-refractivity contribution in [2.75, 3.05) is 13.1 Å². The molecule has 0 atom stereocenters. The molecule has 7 heteroatoms. The van der Waals surface area contributed by atoms with Crippen LogP contribution in [0, 0.1) is 5.92 Å². The van der Waals surface area contributed by atoms with Crippen LogP contribution >= 0.6 is 11.3 Å². The zero-order valence-electron chi connectivity index (χ0n) is 17.1. The number of rotatable bonds is 6. The van der Waals surface area contributed by atoms with Gasteiger partial charge in [0.05, 0.1) is 6.54 Å². The van der Waals surface area contributed by atoms with Crippen molar-refractivity contribution in [3.63, 3.8) is 0 Å². The molecule has 1 N–H and O–H groups in total. The van der Waals surface area contributed by atoms with E-state index in [4.69, 9.17) is 0 Å². The summed E-state index contributed by atoms with van der Waals surface area (Å²) in [6.07, 6.45) is 7.30. The SMILES string of the molecule is CC(C)Cn1cc(C(=O)NCc2cccs2)c(=O)c(C(=O)N2CCCCCC2)c1. The van der Waals surface area contributed by atoms with Gasteiger partial charge in [-0.2, -0.15) is 0 Å². The Morgan fingerprint density at radius 1 is 1.10 bits per heavy atom. The van der Waals surface area contributed by atoms with Gasteiger partial charge in [0.1, 0.15) is 11.1 Å². The Hall–Kier alpha value is -2.41. The molecule has 1 aliphatic rings. The highest BCUT2D eigenvalue weighted by Crippen LogP contribution is 2.13. The number of hydrogen-bond acceptors (Lipinski definition) is 4. The highest BCUT2D eigenvalue weighted by molar-refractivity contribution is 7.09. The zero-order valence-corrected chi connectivity index (χ0v) is 18.0. The topological polar surface area (TPSA) is 71.4 Å². The van der Waals surface area contributed by atoms with Crippen LogP contribution in [0.4, 0.5) is 0 Å². The van der Waals surface area contributed by atoms with Gasteiger partial charge < -0.3 is 14.8 Å². The van der Waals surface area contributed by atoms with Crippen LogP contribution in [-0.4, -0.2) is 34.4 Å². The summed E-state index contributed by atoms with van der Waals surface area (Å²) in [5, 5.41) is 4.75. The second-order valence-corrected chi connectivity index (χ2v) is 9.01. The van der Waals surface area contributed by atoms with Gasteiger partial charge in [-0.3, -0.25) is 14.4 Å². The Balaban J connectivity index is 1.90. The van der Waals surface area contributed by atoms with Crippen LogP contribution in [0.15, 0.2) is 34.7 Å². The van der Waals surface area contributed by atoms with E-state index < -0.39 is 11.3 Å². The van der Waals surface area contributed by atoms with E-state index in [0.717, 1.165) is 30.6 Å². The molecule has 156 valence electrons. The van der Waals surface area contributed by atoms with Crippen molar-refractivity contribution < 1.29 is 9.59 Å². The normalized spacial score (nSPS) is 14.7. The summed E-state index contributed by atoms with van der Waals surface area (Å²) in [4.78, 5) is 41.7. The molecule has 1 aliphatic heterocycles. The Morgan fingerprint density at radius 2 is 1.79 bits per heavy atom. The fraction of sp³-hybridized carbons (Fsp3) is 0.500. The molecule has 2 aromatic rings. The zero-order chi connectivity index (χ0) is 20.8. The monoisotopic (exact) mass is 415 g/mol. The Labute approximate surface area is 175 Å². The van der Waals surface area contributed by atoms with Crippen molar-refractivity contribution in [2.45, 2.75) is 52.6 Å². The number of pyridine rings is 1. The van der Waals surface area contributed by atoms with Crippen LogP contribution in [0.1, 0.15) is 65.1 Å². The van der Waals surface area contributed by atoms with E-state index in [1.54, 1.807) is 33.2 Å². The molecular weight excluding hydrogens is 386 g/mol. The van der Waals surface area contributed by atoms with Gasteiger partial charge in [0.25, 0.3) is 11.8 Å². The number of nitrogens with one attached hydrogen (secondary N) is 1. The van der Waals surface area contributed by atoms with Gasteiger partial charge in [-0.1, -0.05) is 32.8 Å². The van der Waals surface area contributed by atoms with Gasteiger partial charge in [0.2, 0.25) is 5.43 Å². The molecule has 0 bridgehead atoms. The number of carbonyl (C=O) groups excluding carboxylic acids is 2. The fourth-order valence-electron chi connectivity index (χ4n) is 3.59. The first kappa shape index (κ1) is 21.3. The van der Waals surface area contributed by atoms with Gasteiger partial charge in [-0.15, -0.1) is 11.3 Å². The van der Waals surface area contributed by atoms with E-state index in [2.05, 4.69) is 19.2 Å². The van der Waals surface area contributed by atoms with Gasteiger partial charge in [0, 0.05) is 36.9 Å². The smallest absolute Gasteiger partial charge is 0.259 e. The van der Waals surface area contributed by atoms with Gasteiger partial charge >= 0.3 is 0 Å². The molecule has 0 radical (unpaired) electrons. The molecule has 3 heterocycles. The molecule has 2 aromatic heterocycles. The molecule has 0 unspecified atom stereocenters. The summed E-state index contributed by atoms with van der Waals surface area (Å²) < 4.78 is 1.80. The van der Waals surface area contributed by atoms with Crippen LogP contribution in [0.3, 0.4) is 0 Å². The minimum Gasteiger partial charge on any atom is -0.352 e. The number of aromatic nitrogens is 1. The van der Waals surface area contributed by atoms with Crippen LogP contribution in [0.25, 0.3) is 0 Å². The van der Waals surface area contributed by atoms with E-state index >= 15 is 0 Å². The fourth-order valence-corrected chi connectivity index (χ4v) is 4.24.